The fourth-order valence-electron chi connectivity index (χ4n) is 6.57. The molecule has 0 atom stereocenters. The zero-order chi connectivity index (χ0) is 36.0. The summed E-state index contributed by atoms with van der Waals surface area (Å²) in [6.45, 7) is 21.1. The van der Waals surface area contributed by atoms with E-state index in [9.17, 15) is 0 Å². The van der Waals surface area contributed by atoms with Crippen LogP contribution in [0.3, 0.4) is 0 Å². The predicted molar refractivity (Wildman–Crippen MR) is 226 cm³/mol. The molecule has 0 saturated carbocycles. The van der Waals surface area contributed by atoms with Gasteiger partial charge in [-0.2, -0.15) is 0 Å². The van der Waals surface area contributed by atoms with Crippen LogP contribution in [0.15, 0.2) is 153 Å². The molecule has 0 unspecified atom stereocenters. The number of nitrogens with zero attached hydrogens (tertiary/aromatic N) is 2. The van der Waals surface area contributed by atoms with Crippen molar-refractivity contribution in [2.75, 3.05) is 9.80 Å². The van der Waals surface area contributed by atoms with Crippen molar-refractivity contribution in [2.45, 2.75) is 40.5 Å². The molecule has 2 heteroatoms. The van der Waals surface area contributed by atoms with Crippen molar-refractivity contribution < 1.29 is 0 Å². The van der Waals surface area contributed by atoms with Crippen LogP contribution in [0.25, 0.3) is 35.1 Å². The van der Waals surface area contributed by atoms with Gasteiger partial charge in [-0.15, -0.1) is 0 Å². The van der Waals surface area contributed by atoms with Crippen molar-refractivity contribution in [3.8, 4) is 0 Å². The van der Waals surface area contributed by atoms with E-state index in [2.05, 4.69) is 190 Å². The monoisotopic (exact) mass is 664 g/mol. The number of fused-ring (bicyclic) bond motifs is 1. The summed E-state index contributed by atoms with van der Waals surface area (Å²) in [6.07, 6.45) is 12.1. The Bertz CT molecular complexity index is 2190. The van der Waals surface area contributed by atoms with Gasteiger partial charge in [-0.05, 0) is 137 Å². The van der Waals surface area contributed by atoms with E-state index in [0.717, 1.165) is 69.2 Å². The highest BCUT2D eigenvalue weighted by Gasteiger charge is 2.18. The zero-order valence-corrected chi connectivity index (χ0v) is 30.4. The highest BCUT2D eigenvalue weighted by atomic mass is 15.2. The Balaban J connectivity index is 1.46. The van der Waals surface area contributed by atoms with Gasteiger partial charge in [0.1, 0.15) is 0 Å². The Hall–Kier alpha value is -5.86. The molecule has 0 radical (unpaired) electrons. The highest BCUT2D eigenvalue weighted by molar-refractivity contribution is 5.90. The van der Waals surface area contributed by atoms with Gasteiger partial charge < -0.3 is 9.80 Å². The Labute approximate surface area is 305 Å². The Morgan fingerprint density at radius 1 is 0.490 bits per heavy atom. The van der Waals surface area contributed by atoms with Crippen LogP contribution in [0.1, 0.15) is 61.9 Å². The lowest BCUT2D eigenvalue weighted by molar-refractivity contribution is 0.378. The number of hydrogen-bond donors (Lipinski definition) is 0. The van der Waals surface area contributed by atoms with Crippen LogP contribution < -0.4 is 9.80 Å². The van der Waals surface area contributed by atoms with Gasteiger partial charge in [-0.1, -0.05) is 125 Å². The molecule has 0 saturated heterocycles. The molecule has 51 heavy (non-hydrogen) atoms. The Morgan fingerprint density at radius 3 is 1.49 bits per heavy atom. The molecule has 6 aromatic rings. The number of allylic oxidation sites excluding steroid dienone is 1. The maximum Gasteiger partial charge on any atom is 0.0468 e. The van der Waals surface area contributed by atoms with Crippen molar-refractivity contribution >= 4 is 69.2 Å². The molecule has 0 aliphatic heterocycles. The van der Waals surface area contributed by atoms with Crippen molar-refractivity contribution in [1.82, 2.24) is 0 Å². The smallest absolute Gasteiger partial charge is 0.0468 e. The molecule has 0 spiro atoms. The second kappa shape index (κ2) is 15.4. The minimum Gasteiger partial charge on any atom is -0.310 e. The highest BCUT2D eigenvalue weighted by Crippen LogP contribution is 2.41. The molecule has 2 nitrogen and oxygen atoms in total. The number of aryl methyl sites for hydroxylation is 1. The maximum atomic E-state index is 4.09. The maximum absolute atomic E-state index is 4.09. The van der Waals surface area contributed by atoms with Crippen LogP contribution in [0.2, 0.25) is 0 Å². The summed E-state index contributed by atoms with van der Waals surface area (Å²) in [7, 11) is 0. The molecule has 0 N–H and O–H groups in total. The third-order valence-corrected chi connectivity index (χ3v) is 9.38. The lowest BCUT2D eigenvalue weighted by atomic mass is 9.89. The van der Waals surface area contributed by atoms with Crippen LogP contribution in [-0.2, 0) is 6.42 Å². The van der Waals surface area contributed by atoms with Crippen molar-refractivity contribution in [1.29, 1.82) is 0 Å². The van der Waals surface area contributed by atoms with Crippen LogP contribution in [0.5, 0.6) is 0 Å². The first-order valence-electron chi connectivity index (χ1n) is 17.8. The third kappa shape index (κ3) is 7.97. The van der Waals surface area contributed by atoms with Crippen molar-refractivity contribution in [2.24, 2.45) is 5.41 Å². The summed E-state index contributed by atoms with van der Waals surface area (Å²) in [4.78, 5) is 4.65. The van der Waals surface area contributed by atoms with Gasteiger partial charge in [-0.3, -0.25) is 0 Å². The SMILES string of the molecule is C=Cc1ccc(N(c2ccc(N(c3ccc(CCC(C)(C)C)cc3)c3ccc4ccccc4c3)cc2)c2ccc(C=C)c(/C=C\C)c2)cc1C=C. The Morgan fingerprint density at radius 2 is 0.941 bits per heavy atom. The van der Waals surface area contributed by atoms with Gasteiger partial charge in [0.2, 0.25) is 0 Å². The summed E-state index contributed by atoms with van der Waals surface area (Å²) in [5, 5.41) is 2.44. The summed E-state index contributed by atoms with van der Waals surface area (Å²) >= 11 is 0. The number of anilines is 6. The number of rotatable bonds is 12. The second-order valence-corrected chi connectivity index (χ2v) is 14.2. The first kappa shape index (κ1) is 35.0. The molecule has 0 aliphatic rings. The minimum absolute atomic E-state index is 0.300. The molecule has 6 rings (SSSR count). The van der Waals surface area contributed by atoms with Crippen LogP contribution in [0, 0.1) is 5.41 Å². The molecule has 0 aliphatic carbocycles. The van der Waals surface area contributed by atoms with Crippen molar-refractivity contribution in [3.63, 3.8) is 0 Å². The third-order valence-electron chi connectivity index (χ3n) is 9.38. The van der Waals surface area contributed by atoms with E-state index in [0.29, 0.717) is 5.41 Å². The van der Waals surface area contributed by atoms with Crippen molar-refractivity contribution in [3.05, 3.63) is 181 Å². The second-order valence-electron chi connectivity index (χ2n) is 14.2. The lowest BCUT2D eigenvalue weighted by Gasteiger charge is -2.29. The fraction of sp³-hybridized carbons (Fsp3) is 0.143. The first-order chi connectivity index (χ1) is 24.7. The Kier molecular flexibility index (Phi) is 10.5. The van der Waals surface area contributed by atoms with E-state index in [1.165, 1.54) is 16.3 Å². The molecule has 6 aromatic carbocycles. The van der Waals surface area contributed by atoms with E-state index in [4.69, 9.17) is 0 Å². The molecule has 0 bridgehead atoms. The van der Waals surface area contributed by atoms with Gasteiger partial charge in [-0.25, -0.2) is 0 Å². The van der Waals surface area contributed by atoms with E-state index in [1.54, 1.807) is 0 Å². The summed E-state index contributed by atoms with van der Waals surface area (Å²) in [5.74, 6) is 0. The number of hydrogen-bond acceptors (Lipinski definition) is 2. The standard InChI is InChI=1S/C49H48N2/c1-8-14-41-34-48(25-20-38(41)10-3)51(46-24-19-37(9-2)39(11-4)33-46)45-29-27-44(28-30-45)50(47-26-21-40-15-12-13-16-42(40)35-47)43-22-17-36(18-23-43)31-32-49(5,6)7/h8-30,33-35H,2-4,31-32H2,1,5-7H3/b14-8-. The van der Waals surface area contributed by atoms with Crippen LogP contribution in [0.4, 0.5) is 34.1 Å². The first-order valence-corrected chi connectivity index (χ1v) is 17.8. The normalized spacial score (nSPS) is 11.5. The largest absolute Gasteiger partial charge is 0.310 e. The molecule has 254 valence electrons. The molecule has 0 aromatic heterocycles. The van der Waals surface area contributed by atoms with E-state index < -0.39 is 0 Å². The summed E-state index contributed by atoms with van der Waals surface area (Å²) in [6, 6.07) is 46.2. The van der Waals surface area contributed by atoms with Gasteiger partial charge in [0.05, 0.1) is 0 Å². The molecule has 0 amide bonds. The molecular weight excluding hydrogens is 617 g/mol. The molecular formula is C49H48N2. The molecule has 0 heterocycles. The topological polar surface area (TPSA) is 6.48 Å². The zero-order valence-electron chi connectivity index (χ0n) is 30.4. The van der Waals surface area contributed by atoms with E-state index >= 15 is 0 Å². The summed E-state index contributed by atoms with van der Waals surface area (Å²) < 4.78 is 0. The fourth-order valence-corrected chi connectivity index (χ4v) is 6.57. The van der Waals surface area contributed by atoms with E-state index in [1.807, 2.05) is 25.2 Å². The van der Waals surface area contributed by atoms with Gasteiger partial charge in [0.15, 0.2) is 0 Å². The quantitative estimate of drug-likeness (QED) is 0.128. The predicted octanol–water partition coefficient (Wildman–Crippen LogP) is 14.7. The average molecular weight is 665 g/mol. The minimum atomic E-state index is 0.300. The molecule has 0 fully saturated rings. The van der Waals surface area contributed by atoms with Gasteiger partial charge in [0.25, 0.3) is 0 Å². The van der Waals surface area contributed by atoms with Gasteiger partial charge in [0, 0.05) is 34.1 Å². The van der Waals surface area contributed by atoms with Crippen LogP contribution >= 0.6 is 0 Å². The van der Waals surface area contributed by atoms with E-state index in [-0.39, 0.29) is 0 Å². The summed E-state index contributed by atoms with van der Waals surface area (Å²) in [5.41, 5.74) is 12.4. The van der Waals surface area contributed by atoms with Gasteiger partial charge >= 0.3 is 0 Å². The number of benzene rings is 6. The van der Waals surface area contributed by atoms with Crippen LogP contribution in [-0.4, -0.2) is 0 Å². The lowest BCUT2D eigenvalue weighted by Crippen LogP contribution is -2.13. The average Bonchev–Trinajstić information content (AvgIpc) is 3.15.